The number of rotatable bonds is 5. The van der Waals surface area contributed by atoms with Gasteiger partial charge in [0, 0.05) is 13.5 Å². The summed E-state index contributed by atoms with van der Waals surface area (Å²) in [6.45, 7) is 5.86. The van der Waals surface area contributed by atoms with Crippen LogP contribution in [0.15, 0.2) is 51.7 Å². The van der Waals surface area contributed by atoms with Crippen LogP contribution in [0.3, 0.4) is 0 Å². The van der Waals surface area contributed by atoms with Gasteiger partial charge in [-0.15, -0.1) is 0 Å². The third-order valence-corrected chi connectivity index (χ3v) is 7.00. The summed E-state index contributed by atoms with van der Waals surface area (Å²) < 4.78 is 18.2. The van der Waals surface area contributed by atoms with Gasteiger partial charge in [-0.2, -0.15) is 5.26 Å². The monoisotopic (exact) mass is 532 g/mol. The number of aryl methyl sites for hydroxylation is 1. The zero-order valence-electron chi connectivity index (χ0n) is 22.5. The molecule has 2 amide bonds. The highest BCUT2D eigenvalue weighted by Crippen LogP contribution is 2.44. The summed E-state index contributed by atoms with van der Waals surface area (Å²) in [5, 5.41) is 12.5. The summed E-state index contributed by atoms with van der Waals surface area (Å²) in [6.07, 6.45) is 0.509. The van der Waals surface area contributed by atoms with Crippen LogP contribution in [0.25, 0.3) is 22.2 Å². The maximum atomic E-state index is 13.1. The summed E-state index contributed by atoms with van der Waals surface area (Å²) in [7, 11) is 1.66. The fourth-order valence-electron chi connectivity index (χ4n) is 4.78. The van der Waals surface area contributed by atoms with Crippen LogP contribution in [0.4, 0.5) is 4.79 Å². The van der Waals surface area contributed by atoms with E-state index in [1.165, 1.54) is 9.47 Å². The maximum absolute atomic E-state index is 13.1. The largest absolute Gasteiger partial charge is 0.444 e. The van der Waals surface area contributed by atoms with Gasteiger partial charge in [-0.25, -0.2) is 9.59 Å². The van der Waals surface area contributed by atoms with E-state index >= 15 is 0 Å². The number of amides is 2. The number of ether oxygens (including phenoxy) is 2. The Bertz CT molecular complexity index is 1500. The van der Waals surface area contributed by atoms with E-state index < -0.39 is 41.1 Å². The second-order valence-electron chi connectivity index (χ2n) is 11.4. The second-order valence-corrected chi connectivity index (χ2v) is 11.4. The molecule has 204 valence electrons. The normalized spacial score (nSPS) is 18.9. The molecule has 2 heterocycles. The second kappa shape index (κ2) is 9.89. The molecule has 1 aromatic heterocycles. The number of nitrogens with zero attached hydrogens (tertiary/aromatic N) is 3. The molecular formula is C29H32N4O6. The lowest BCUT2D eigenvalue weighted by Crippen LogP contribution is -2.57. The highest BCUT2D eigenvalue weighted by Gasteiger charge is 2.53. The number of nitriles is 1. The van der Waals surface area contributed by atoms with Crippen molar-refractivity contribution < 1.29 is 23.5 Å². The molecule has 1 saturated carbocycles. The van der Waals surface area contributed by atoms with Gasteiger partial charge in [0.15, 0.2) is 11.7 Å². The molecule has 1 saturated heterocycles. The van der Waals surface area contributed by atoms with Crippen molar-refractivity contribution in [1.29, 1.82) is 5.26 Å². The molecular weight excluding hydrogens is 500 g/mol. The number of aromatic nitrogens is 1. The number of carbonyl (C=O) groups excluding carboxylic acids is 2. The third kappa shape index (κ3) is 5.83. The summed E-state index contributed by atoms with van der Waals surface area (Å²) in [6, 6.07) is 14.6. The lowest BCUT2D eigenvalue weighted by atomic mass is 10.0. The molecule has 1 spiro atoms. The highest BCUT2D eigenvalue weighted by molar-refractivity contribution is 5.83. The number of carbonyl (C=O) groups is 2. The first-order chi connectivity index (χ1) is 18.4. The van der Waals surface area contributed by atoms with Gasteiger partial charge in [0.1, 0.15) is 11.6 Å². The Morgan fingerprint density at radius 2 is 1.87 bits per heavy atom. The van der Waals surface area contributed by atoms with Gasteiger partial charge in [0.2, 0.25) is 0 Å². The fraction of sp³-hybridized carbons (Fsp3) is 0.448. The Morgan fingerprint density at radius 3 is 2.51 bits per heavy atom. The van der Waals surface area contributed by atoms with E-state index in [9.17, 15) is 19.6 Å². The van der Waals surface area contributed by atoms with Gasteiger partial charge < -0.3 is 24.1 Å². The van der Waals surface area contributed by atoms with Crippen molar-refractivity contribution in [3.8, 4) is 17.2 Å². The number of morpholine rings is 1. The average Bonchev–Trinajstić information content (AvgIpc) is 3.57. The summed E-state index contributed by atoms with van der Waals surface area (Å²) >= 11 is 0. The third-order valence-electron chi connectivity index (χ3n) is 7.00. The molecule has 2 aliphatic rings. The Balaban J connectivity index is 1.23. The SMILES string of the molecule is Cn1c(=O)oc2ccc(-c3ccc(C[C@@H](C#N)NC(=O)[C@@H]4CN(C(=O)OC(C)(C)C)CC5(CC5)O4)cc3)cc21. The molecule has 10 heteroatoms. The topological polar surface area (TPSA) is 127 Å². The smallest absolute Gasteiger partial charge is 0.419 e. The van der Waals surface area contributed by atoms with Crippen molar-refractivity contribution in [2.24, 2.45) is 7.05 Å². The van der Waals surface area contributed by atoms with Crippen LogP contribution in [-0.4, -0.2) is 57.9 Å². The van der Waals surface area contributed by atoms with Gasteiger partial charge in [-0.1, -0.05) is 30.3 Å². The minimum Gasteiger partial charge on any atom is -0.444 e. The van der Waals surface area contributed by atoms with Crippen LogP contribution in [0.5, 0.6) is 0 Å². The van der Waals surface area contributed by atoms with Crippen molar-refractivity contribution in [3.05, 3.63) is 58.6 Å². The molecule has 0 radical (unpaired) electrons. The summed E-state index contributed by atoms with van der Waals surface area (Å²) in [5.74, 6) is -0.831. The molecule has 0 unspecified atom stereocenters. The number of oxazole rings is 1. The molecule has 2 fully saturated rings. The molecule has 2 atom stereocenters. The lowest BCUT2D eigenvalue weighted by Gasteiger charge is -2.38. The first-order valence-electron chi connectivity index (χ1n) is 13.0. The van der Waals surface area contributed by atoms with Crippen LogP contribution in [0, 0.1) is 11.3 Å². The van der Waals surface area contributed by atoms with E-state index in [0.717, 1.165) is 29.5 Å². The molecule has 5 rings (SSSR count). The minimum absolute atomic E-state index is 0.0714. The van der Waals surface area contributed by atoms with Gasteiger partial charge in [-0.3, -0.25) is 9.36 Å². The molecule has 2 aromatic carbocycles. The quantitative estimate of drug-likeness (QED) is 0.533. The maximum Gasteiger partial charge on any atom is 0.419 e. The van der Waals surface area contributed by atoms with Crippen LogP contribution < -0.4 is 11.1 Å². The molecule has 0 bridgehead atoms. The summed E-state index contributed by atoms with van der Waals surface area (Å²) in [4.78, 5) is 39.1. The molecule has 39 heavy (non-hydrogen) atoms. The van der Waals surface area contributed by atoms with E-state index in [-0.39, 0.29) is 6.54 Å². The van der Waals surface area contributed by atoms with Crippen LogP contribution in [0.2, 0.25) is 0 Å². The van der Waals surface area contributed by atoms with Gasteiger partial charge >= 0.3 is 11.8 Å². The lowest BCUT2D eigenvalue weighted by molar-refractivity contribution is -0.150. The van der Waals surface area contributed by atoms with Crippen LogP contribution >= 0.6 is 0 Å². The van der Waals surface area contributed by atoms with Crippen molar-refractivity contribution >= 4 is 23.1 Å². The Morgan fingerprint density at radius 1 is 1.18 bits per heavy atom. The minimum atomic E-state index is -0.874. The first kappa shape index (κ1) is 26.5. The summed E-state index contributed by atoms with van der Waals surface area (Å²) in [5.41, 5.74) is 2.82. The number of hydrogen-bond donors (Lipinski definition) is 1. The van der Waals surface area contributed by atoms with Crippen LogP contribution in [-0.2, 0) is 27.7 Å². The van der Waals surface area contributed by atoms with Crippen molar-refractivity contribution in [2.75, 3.05) is 13.1 Å². The van der Waals surface area contributed by atoms with E-state index in [1.54, 1.807) is 33.9 Å². The van der Waals surface area contributed by atoms with Gasteiger partial charge in [0.05, 0.1) is 30.3 Å². The van der Waals surface area contributed by atoms with Crippen molar-refractivity contribution in [3.63, 3.8) is 0 Å². The standard InChI is InChI=1S/C29H32N4O6/c1-28(2,3)39-27(36)33-16-24(38-29(17-33)11-12-29)25(34)31-21(15-30)13-18-5-7-19(8-6-18)20-9-10-23-22(14-20)32(4)26(35)37-23/h5-10,14,21,24H,11-13,16-17H2,1-4H3,(H,31,34)/t21-,24-/m0/s1. The number of benzene rings is 2. The Kier molecular flexibility index (Phi) is 6.72. The molecule has 1 aliphatic carbocycles. The Labute approximate surface area is 226 Å². The Hall–Kier alpha value is -4.10. The zero-order valence-corrected chi connectivity index (χ0v) is 22.5. The number of hydrogen-bond acceptors (Lipinski definition) is 7. The predicted molar refractivity (Wildman–Crippen MR) is 143 cm³/mol. The van der Waals surface area contributed by atoms with Crippen LogP contribution in [0.1, 0.15) is 39.2 Å². The van der Waals surface area contributed by atoms with Gasteiger partial charge in [-0.05, 0) is 62.4 Å². The number of nitrogens with one attached hydrogen (secondary N) is 1. The van der Waals surface area contributed by atoms with Crippen molar-refractivity contribution in [1.82, 2.24) is 14.8 Å². The van der Waals surface area contributed by atoms with Gasteiger partial charge in [0.25, 0.3) is 5.91 Å². The van der Waals surface area contributed by atoms with E-state index in [1.807, 2.05) is 36.4 Å². The van der Waals surface area contributed by atoms with E-state index in [0.29, 0.717) is 24.1 Å². The first-order valence-corrected chi connectivity index (χ1v) is 13.0. The molecule has 1 N–H and O–H groups in total. The van der Waals surface area contributed by atoms with E-state index in [2.05, 4.69) is 11.4 Å². The van der Waals surface area contributed by atoms with E-state index in [4.69, 9.17) is 13.9 Å². The fourth-order valence-corrected chi connectivity index (χ4v) is 4.78. The predicted octanol–water partition coefficient (Wildman–Crippen LogP) is 3.52. The zero-order chi connectivity index (χ0) is 27.9. The average molecular weight is 533 g/mol. The highest BCUT2D eigenvalue weighted by atomic mass is 16.6. The molecule has 1 aliphatic heterocycles. The molecule has 10 nitrogen and oxygen atoms in total. The molecule has 3 aromatic rings. The number of fused-ring (bicyclic) bond motifs is 1. The van der Waals surface area contributed by atoms with Crippen molar-refractivity contribution in [2.45, 2.75) is 63.4 Å².